The van der Waals surface area contributed by atoms with E-state index >= 15 is 0 Å². The maximum Gasteiger partial charge on any atom is 0.271 e. The Labute approximate surface area is 140 Å². The summed E-state index contributed by atoms with van der Waals surface area (Å²) in [6.07, 6.45) is 0.974. The quantitative estimate of drug-likeness (QED) is 0.851. The lowest BCUT2D eigenvalue weighted by molar-refractivity contribution is 0.0910. The minimum absolute atomic E-state index is 0.0631. The summed E-state index contributed by atoms with van der Waals surface area (Å²) in [6, 6.07) is 4.25. The number of rotatable bonds is 3. The molecule has 0 spiro atoms. The molecule has 2 N–H and O–H groups in total. The zero-order valence-corrected chi connectivity index (χ0v) is 14.8. The molecule has 1 fully saturated rings. The maximum atomic E-state index is 12.3. The van der Waals surface area contributed by atoms with Gasteiger partial charge in [-0.05, 0) is 53.5 Å². The molecule has 0 aromatic carbocycles. The van der Waals surface area contributed by atoms with Crippen molar-refractivity contribution >= 4 is 44.5 Å². The first-order chi connectivity index (χ1) is 10.1. The van der Waals surface area contributed by atoms with E-state index in [0.29, 0.717) is 11.6 Å². The van der Waals surface area contributed by atoms with Crippen LogP contribution in [0, 0.1) is 5.92 Å². The first-order valence-corrected chi connectivity index (χ1v) is 9.35. The third-order valence-electron chi connectivity index (χ3n) is 3.62. The summed E-state index contributed by atoms with van der Waals surface area (Å²) in [6.45, 7) is 4.07. The van der Waals surface area contributed by atoms with E-state index in [1.807, 2.05) is 17.5 Å². The summed E-state index contributed by atoms with van der Waals surface area (Å²) in [4.78, 5) is 17.9. The van der Waals surface area contributed by atoms with E-state index in [-0.39, 0.29) is 11.9 Å². The van der Waals surface area contributed by atoms with Crippen LogP contribution in [-0.2, 0) is 0 Å². The molecule has 7 heteroatoms. The molecular formula is C14H16BrN3OS2. The van der Waals surface area contributed by atoms with Crippen molar-refractivity contribution in [3.63, 3.8) is 0 Å². The van der Waals surface area contributed by atoms with Crippen LogP contribution in [0.15, 0.2) is 21.3 Å². The van der Waals surface area contributed by atoms with Crippen molar-refractivity contribution in [2.75, 3.05) is 13.1 Å². The van der Waals surface area contributed by atoms with Crippen molar-refractivity contribution in [2.24, 2.45) is 5.92 Å². The average molecular weight is 386 g/mol. The summed E-state index contributed by atoms with van der Waals surface area (Å²) in [5, 5.41) is 9.19. The maximum absolute atomic E-state index is 12.3. The molecule has 21 heavy (non-hydrogen) atoms. The number of carbonyl (C=O) groups excluding carboxylic acids is 1. The van der Waals surface area contributed by atoms with Crippen molar-refractivity contribution in [1.82, 2.24) is 15.6 Å². The Balaban J connectivity index is 1.69. The molecule has 0 saturated carbocycles. The molecular weight excluding hydrogens is 370 g/mol. The monoisotopic (exact) mass is 385 g/mol. The van der Waals surface area contributed by atoms with E-state index in [4.69, 9.17) is 0 Å². The number of halogens is 1. The molecule has 2 aromatic heterocycles. The van der Waals surface area contributed by atoms with Gasteiger partial charge in [0.25, 0.3) is 5.91 Å². The van der Waals surface area contributed by atoms with Gasteiger partial charge in [-0.2, -0.15) is 0 Å². The van der Waals surface area contributed by atoms with E-state index in [0.717, 1.165) is 33.2 Å². The van der Waals surface area contributed by atoms with Crippen molar-refractivity contribution < 1.29 is 4.79 Å². The van der Waals surface area contributed by atoms with E-state index in [1.54, 1.807) is 11.3 Å². The number of hydrogen-bond acceptors (Lipinski definition) is 5. The predicted octanol–water partition coefficient (Wildman–Crippen LogP) is 3.36. The highest BCUT2D eigenvalue weighted by atomic mass is 79.9. The second-order valence-electron chi connectivity index (χ2n) is 5.19. The topological polar surface area (TPSA) is 54.0 Å². The molecule has 2 atom stereocenters. The van der Waals surface area contributed by atoms with Gasteiger partial charge in [0.15, 0.2) is 0 Å². The van der Waals surface area contributed by atoms with Crippen molar-refractivity contribution in [1.29, 1.82) is 0 Å². The molecule has 3 heterocycles. The van der Waals surface area contributed by atoms with Gasteiger partial charge in [-0.15, -0.1) is 22.7 Å². The van der Waals surface area contributed by atoms with Crippen LogP contribution in [0.25, 0.3) is 9.88 Å². The highest BCUT2D eigenvalue weighted by Crippen LogP contribution is 2.33. The molecule has 112 valence electrons. The molecule has 2 unspecified atom stereocenters. The van der Waals surface area contributed by atoms with E-state index < -0.39 is 0 Å². The van der Waals surface area contributed by atoms with Gasteiger partial charge in [0.1, 0.15) is 10.7 Å². The molecule has 1 aliphatic heterocycles. The summed E-state index contributed by atoms with van der Waals surface area (Å²) < 4.78 is 1.07. The van der Waals surface area contributed by atoms with Crippen LogP contribution in [0.3, 0.4) is 0 Å². The van der Waals surface area contributed by atoms with Crippen LogP contribution in [0.4, 0.5) is 0 Å². The largest absolute Gasteiger partial charge is 0.348 e. The average Bonchev–Trinajstić information content (AvgIpc) is 3.10. The second-order valence-corrected chi connectivity index (χ2v) is 8.51. The fourth-order valence-electron chi connectivity index (χ4n) is 2.39. The molecule has 1 amide bonds. The fraction of sp³-hybridized carbons (Fsp3) is 0.429. The number of nitrogens with zero attached hydrogens (tertiary/aromatic N) is 1. The highest BCUT2D eigenvalue weighted by molar-refractivity contribution is 9.11. The third-order valence-corrected chi connectivity index (χ3v) is 6.26. The molecule has 0 bridgehead atoms. The molecule has 0 radical (unpaired) electrons. The normalized spacial score (nSPS) is 22.2. The highest BCUT2D eigenvalue weighted by Gasteiger charge is 2.24. The van der Waals surface area contributed by atoms with Gasteiger partial charge in [-0.1, -0.05) is 6.92 Å². The Morgan fingerprint density at radius 2 is 2.38 bits per heavy atom. The SMILES string of the molecule is CC1CNCCC1NC(=O)c1csc(-c2ccc(Br)s2)n1. The number of hydrogen-bond donors (Lipinski definition) is 2. The molecule has 1 saturated heterocycles. The summed E-state index contributed by atoms with van der Waals surface area (Å²) in [5.74, 6) is 0.390. The minimum atomic E-state index is -0.0631. The van der Waals surface area contributed by atoms with Crippen LogP contribution in [0.1, 0.15) is 23.8 Å². The Kier molecular flexibility index (Phi) is 4.73. The molecule has 0 aliphatic carbocycles. The number of amides is 1. The van der Waals surface area contributed by atoms with Crippen LogP contribution in [-0.4, -0.2) is 30.0 Å². The third kappa shape index (κ3) is 3.53. The van der Waals surface area contributed by atoms with Gasteiger partial charge in [-0.25, -0.2) is 4.98 Å². The zero-order chi connectivity index (χ0) is 14.8. The lowest BCUT2D eigenvalue weighted by atomic mass is 9.95. The molecule has 2 aromatic rings. The number of thiazole rings is 1. The number of carbonyl (C=O) groups is 1. The number of nitrogens with one attached hydrogen (secondary N) is 2. The lowest BCUT2D eigenvalue weighted by Crippen LogP contribution is -2.48. The predicted molar refractivity (Wildman–Crippen MR) is 91.0 cm³/mol. The van der Waals surface area contributed by atoms with Crippen LogP contribution in [0.2, 0.25) is 0 Å². The Morgan fingerprint density at radius 3 is 3.10 bits per heavy atom. The van der Waals surface area contributed by atoms with E-state index in [9.17, 15) is 4.79 Å². The van der Waals surface area contributed by atoms with Crippen molar-refractivity contribution in [3.8, 4) is 9.88 Å². The van der Waals surface area contributed by atoms with Gasteiger partial charge in [-0.3, -0.25) is 4.79 Å². The molecule has 4 nitrogen and oxygen atoms in total. The Hall–Kier alpha value is -0.760. The van der Waals surface area contributed by atoms with Gasteiger partial charge in [0.2, 0.25) is 0 Å². The van der Waals surface area contributed by atoms with Gasteiger partial charge < -0.3 is 10.6 Å². The van der Waals surface area contributed by atoms with E-state index in [1.165, 1.54) is 11.3 Å². The molecule has 1 aliphatic rings. The fourth-order valence-corrected chi connectivity index (χ4v) is 4.65. The summed E-state index contributed by atoms with van der Waals surface area (Å²) >= 11 is 6.59. The van der Waals surface area contributed by atoms with E-state index in [2.05, 4.69) is 38.5 Å². The van der Waals surface area contributed by atoms with Crippen LogP contribution in [0.5, 0.6) is 0 Å². The first-order valence-electron chi connectivity index (χ1n) is 6.86. The number of piperidine rings is 1. The zero-order valence-electron chi connectivity index (χ0n) is 11.6. The van der Waals surface area contributed by atoms with Crippen molar-refractivity contribution in [3.05, 3.63) is 27.0 Å². The van der Waals surface area contributed by atoms with Crippen LogP contribution < -0.4 is 10.6 Å². The standard InChI is InChI=1S/C14H16BrN3OS2/c1-8-6-16-5-4-9(8)17-13(19)10-7-20-14(18-10)11-2-3-12(15)21-11/h2-3,7-9,16H,4-6H2,1H3,(H,17,19). The summed E-state index contributed by atoms with van der Waals surface area (Å²) in [5.41, 5.74) is 0.519. The van der Waals surface area contributed by atoms with Gasteiger partial charge in [0.05, 0.1) is 8.66 Å². The lowest BCUT2D eigenvalue weighted by Gasteiger charge is -2.29. The number of thiophene rings is 1. The number of aromatic nitrogens is 1. The van der Waals surface area contributed by atoms with Gasteiger partial charge in [0, 0.05) is 11.4 Å². The van der Waals surface area contributed by atoms with Gasteiger partial charge >= 0.3 is 0 Å². The van der Waals surface area contributed by atoms with Crippen LogP contribution >= 0.6 is 38.6 Å². The minimum Gasteiger partial charge on any atom is -0.348 e. The van der Waals surface area contributed by atoms with Crippen molar-refractivity contribution in [2.45, 2.75) is 19.4 Å². The summed E-state index contributed by atoms with van der Waals surface area (Å²) in [7, 11) is 0. The molecule has 3 rings (SSSR count). The first kappa shape index (κ1) is 15.1. The Morgan fingerprint density at radius 1 is 1.52 bits per heavy atom. The smallest absolute Gasteiger partial charge is 0.271 e. The Bertz CT molecular complexity index is 640. The second kappa shape index (κ2) is 6.56.